The van der Waals surface area contributed by atoms with Crippen LogP contribution in [0.3, 0.4) is 0 Å². The number of hydrogen-bond acceptors (Lipinski definition) is 3. The molecule has 0 aliphatic carbocycles. The number of benzene rings is 1. The Hall–Kier alpha value is -2.10. The van der Waals surface area contributed by atoms with Crippen molar-refractivity contribution in [2.24, 2.45) is 0 Å². The number of rotatable bonds is 3. The second-order valence-corrected chi connectivity index (χ2v) is 4.83. The van der Waals surface area contributed by atoms with Crippen LogP contribution in [0.1, 0.15) is 24.3 Å². The van der Waals surface area contributed by atoms with Gasteiger partial charge in [-0.25, -0.2) is 4.98 Å². The highest BCUT2D eigenvalue weighted by Gasteiger charge is 2.17. The molecule has 1 amide bonds. The summed E-state index contributed by atoms with van der Waals surface area (Å²) in [5.74, 6) is -0.0581. The number of para-hydroxylation sites is 1. The molecule has 100 valence electrons. The minimum Gasteiger partial charge on any atom is -0.388 e. The third-order valence-electron chi connectivity index (χ3n) is 3.30. The number of anilines is 1. The molecule has 4 heteroatoms. The van der Waals surface area contributed by atoms with Crippen LogP contribution in [0.15, 0.2) is 30.3 Å². The highest BCUT2D eigenvalue weighted by molar-refractivity contribution is 5.99. The van der Waals surface area contributed by atoms with E-state index < -0.39 is 0 Å². The molecule has 0 saturated carbocycles. The molecule has 1 aromatic carbocycles. The molecule has 0 aliphatic heterocycles. The van der Waals surface area contributed by atoms with Gasteiger partial charge < -0.3 is 10.2 Å². The van der Waals surface area contributed by atoms with Gasteiger partial charge in [0.25, 0.3) is 5.91 Å². The molecule has 0 aliphatic rings. The molecule has 0 spiro atoms. The van der Waals surface area contributed by atoms with E-state index in [1.165, 1.54) is 0 Å². The molecule has 4 nitrogen and oxygen atoms in total. The van der Waals surface area contributed by atoms with Gasteiger partial charge in [-0.2, -0.15) is 0 Å². The van der Waals surface area contributed by atoms with Crippen LogP contribution < -0.4 is 5.32 Å². The molecule has 19 heavy (non-hydrogen) atoms. The van der Waals surface area contributed by atoms with Gasteiger partial charge >= 0.3 is 0 Å². The van der Waals surface area contributed by atoms with Gasteiger partial charge in [0, 0.05) is 31.2 Å². The summed E-state index contributed by atoms with van der Waals surface area (Å²) in [4.78, 5) is 18.5. The van der Waals surface area contributed by atoms with Crippen molar-refractivity contribution >= 4 is 22.5 Å². The van der Waals surface area contributed by atoms with Gasteiger partial charge in [0.2, 0.25) is 0 Å². The Balaban J connectivity index is 2.53. The fourth-order valence-electron chi connectivity index (χ4n) is 1.91. The fraction of sp³-hybridized carbons (Fsp3) is 0.333. The van der Waals surface area contributed by atoms with E-state index in [1.807, 2.05) is 51.2 Å². The third kappa shape index (κ3) is 2.52. The molecule has 0 atom stereocenters. The lowest BCUT2D eigenvalue weighted by Gasteiger charge is -2.21. The van der Waals surface area contributed by atoms with Crippen LogP contribution in [0.2, 0.25) is 0 Å². The van der Waals surface area contributed by atoms with Gasteiger partial charge in [-0.05, 0) is 26.0 Å². The molecule has 0 bridgehead atoms. The number of pyridine rings is 1. The smallest absolute Gasteiger partial charge is 0.272 e. The zero-order chi connectivity index (χ0) is 14.0. The number of nitrogens with one attached hydrogen (secondary N) is 1. The molecule has 1 aromatic heterocycles. The number of aromatic nitrogens is 1. The standard InChI is InChI=1S/C15H19N3O/c1-10(2)18(4)15(19)14-9-13(16-3)11-7-5-6-8-12(11)17-14/h5-10H,1-4H3,(H,16,17). The van der Waals surface area contributed by atoms with Crippen LogP contribution in [-0.2, 0) is 0 Å². The average Bonchev–Trinajstić information content (AvgIpc) is 2.44. The quantitative estimate of drug-likeness (QED) is 0.919. The summed E-state index contributed by atoms with van der Waals surface area (Å²) in [6.07, 6.45) is 0. The van der Waals surface area contributed by atoms with Gasteiger partial charge in [0.05, 0.1) is 5.52 Å². The Bertz CT molecular complexity index is 607. The summed E-state index contributed by atoms with van der Waals surface area (Å²) < 4.78 is 0. The molecular weight excluding hydrogens is 238 g/mol. The maximum absolute atomic E-state index is 12.3. The van der Waals surface area contributed by atoms with E-state index in [0.717, 1.165) is 16.6 Å². The van der Waals surface area contributed by atoms with Crippen molar-refractivity contribution in [3.63, 3.8) is 0 Å². The molecule has 0 fully saturated rings. The minimum atomic E-state index is -0.0581. The Morgan fingerprint density at radius 2 is 2.00 bits per heavy atom. The first-order valence-corrected chi connectivity index (χ1v) is 6.39. The van der Waals surface area contributed by atoms with Gasteiger partial charge in [-0.15, -0.1) is 0 Å². The van der Waals surface area contributed by atoms with Crippen LogP contribution in [0, 0.1) is 0 Å². The lowest BCUT2D eigenvalue weighted by molar-refractivity contribution is 0.0749. The molecule has 0 radical (unpaired) electrons. The van der Waals surface area contributed by atoms with E-state index in [9.17, 15) is 4.79 Å². The Morgan fingerprint density at radius 1 is 1.32 bits per heavy atom. The minimum absolute atomic E-state index is 0.0581. The maximum Gasteiger partial charge on any atom is 0.272 e. The number of nitrogens with zero attached hydrogens (tertiary/aromatic N) is 2. The highest BCUT2D eigenvalue weighted by atomic mass is 16.2. The summed E-state index contributed by atoms with van der Waals surface area (Å²) in [6, 6.07) is 9.77. The van der Waals surface area contributed by atoms with Gasteiger partial charge in [-0.1, -0.05) is 18.2 Å². The van der Waals surface area contributed by atoms with Crippen molar-refractivity contribution in [2.75, 3.05) is 19.4 Å². The molecule has 2 aromatic rings. The van der Waals surface area contributed by atoms with Crippen molar-refractivity contribution in [2.45, 2.75) is 19.9 Å². The average molecular weight is 257 g/mol. The molecule has 1 heterocycles. The van der Waals surface area contributed by atoms with Crippen LogP contribution in [0.4, 0.5) is 5.69 Å². The predicted molar refractivity (Wildman–Crippen MR) is 78.5 cm³/mol. The van der Waals surface area contributed by atoms with Crippen molar-refractivity contribution in [3.8, 4) is 0 Å². The second kappa shape index (κ2) is 5.26. The van der Waals surface area contributed by atoms with Gasteiger partial charge in [0.15, 0.2) is 0 Å². The van der Waals surface area contributed by atoms with Gasteiger partial charge in [-0.3, -0.25) is 4.79 Å². The van der Waals surface area contributed by atoms with Crippen molar-refractivity contribution in [3.05, 3.63) is 36.0 Å². The van der Waals surface area contributed by atoms with Crippen LogP contribution in [0.5, 0.6) is 0 Å². The van der Waals surface area contributed by atoms with E-state index in [2.05, 4.69) is 10.3 Å². The third-order valence-corrected chi connectivity index (χ3v) is 3.30. The largest absolute Gasteiger partial charge is 0.388 e. The molecule has 1 N–H and O–H groups in total. The summed E-state index contributed by atoms with van der Waals surface area (Å²) >= 11 is 0. The molecule has 0 saturated heterocycles. The van der Waals surface area contributed by atoms with E-state index in [0.29, 0.717) is 5.69 Å². The fourth-order valence-corrected chi connectivity index (χ4v) is 1.91. The van der Waals surface area contributed by atoms with Crippen molar-refractivity contribution < 1.29 is 4.79 Å². The molecule has 0 unspecified atom stereocenters. The first-order chi connectivity index (χ1) is 9.04. The topological polar surface area (TPSA) is 45.2 Å². The van der Waals surface area contributed by atoms with Crippen LogP contribution >= 0.6 is 0 Å². The first-order valence-electron chi connectivity index (χ1n) is 6.39. The van der Waals surface area contributed by atoms with E-state index in [-0.39, 0.29) is 11.9 Å². The lowest BCUT2D eigenvalue weighted by Crippen LogP contribution is -2.33. The van der Waals surface area contributed by atoms with E-state index in [4.69, 9.17) is 0 Å². The van der Waals surface area contributed by atoms with Crippen molar-refractivity contribution in [1.82, 2.24) is 9.88 Å². The second-order valence-electron chi connectivity index (χ2n) is 4.83. The molecular formula is C15H19N3O. The number of hydrogen-bond donors (Lipinski definition) is 1. The number of fused-ring (bicyclic) bond motifs is 1. The van der Waals surface area contributed by atoms with Crippen LogP contribution in [0.25, 0.3) is 10.9 Å². The predicted octanol–water partition coefficient (Wildman–Crippen LogP) is 2.76. The van der Waals surface area contributed by atoms with E-state index >= 15 is 0 Å². The summed E-state index contributed by atoms with van der Waals surface area (Å²) in [5.41, 5.74) is 2.22. The summed E-state index contributed by atoms with van der Waals surface area (Å²) in [6.45, 7) is 3.97. The highest BCUT2D eigenvalue weighted by Crippen LogP contribution is 2.23. The van der Waals surface area contributed by atoms with Crippen LogP contribution in [-0.4, -0.2) is 35.9 Å². The zero-order valence-electron chi connectivity index (χ0n) is 11.8. The monoisotopic (exact) mass is 257 g/mol. The normalized spacial score (nSPS) is 10.8. The summed E-state index contributed by atoms with van der Waals surface area (Å²) in [7, 11) is 3.64. The van der Waals surface area contributed by atoms with Crippen molar-refractivity contribution in [1.29, 1.82) is 0 Å². The Kier molecular flexibility index (Phi) is 3.69. The number of amides is 1. The Labute approximate surface area is 113 Å². The lowest BCUT2D eigenvalue weighted by atomic mass is 10.1. The number of carbonyl (C=O) groups excluding carboxylic acids is 1. The number of carbonyl (C=O) groups is 1. The Morgan fingerprint density at radius 3 is 2.63 bits per heavy atom. The first kappa shape index (κ1) is 13.3. The zero-order valence-corrected chi connectivity index (χ0v) is 11.8. The van der Waals surface area contributed by atoms with E-state index in [1.54, 1.807) is 11.9 Å². The van der Waals surface area contributed by atoms with Gasteiger partial charge in [0.1, 0.15) is 5.69 Å². The SMILES string of the molecule is CNc1cc(C(=O)N(C)C(C)C)nc2ccccc12. The summed E-state index contributed by atoms with van der Waals surface area (Å²) in [5, 5.41) is 4.14. The maximum atomic E-state index is 12.3. The molecule has 2 rings (SSSR count).